The van der Waals surface area contributed by atoms with E-state index < -0.39 is 0 Å². The lowest BCUT2D eigenvalue weighted by Gasteiger charge is -2.11. The van der Waals surface area contributed by atoms with E-state index in [9.17, 15) is 9.18 Å². The van der Waals surface area contributed by atoms with E-state index >= 15 is 0 Å². The summed E-state index contributed by atoms with van der Waals surface area (Å²) in [7, 11) is 0. The molecule has 7 heteroatoms. The minimum atomic E-state index is -0.322. The highest BCUT2D eigenvalue weighted by atomic mass is 19.1. The summed E-state index contributed by atoms with van der Waals surface area (Å²) < 4.78 is 26.1. The van der Waals surface area contributed by atoms with Crippen LogP contribution in [0.2, 0.25) is 0 Å². The number of carbonyl (C=O) groups is 1. The number of hydrogen-bond acceptors (Lipinski definition) is 4. The van der Waals surface area contributed by atoms with Crippen molar-refractivity contribution in [2.45, 2.75) is 20.3 Å². The van der Waals surface area contributed by atoms with Crippen molar-refractivity contribution in [3.05, 3.63) is 65.2 Å². The van der Waals surface area contributed by atoms with Crippen LogP contribution >= 0.6 is 0 Å². The molecule has 1 N–H and O–H groups in total. The van der Waals surface area contributed by atoms with Gasteiger partial charge in [-0.05, 0) is 50.2 Å². The molecule has 0 fully saturated rings. The summed E-state index contributed by atoms with van der Waals surface area (Å²) in [5.74, 6) is 0.702. The molecule has 0 saturated heterocycles. The molecule has 4 rings (SSSR count). The van der Waals surface area contributed by atoms with Crippen molar-refractivity contribution in [3.8, 4) is 17.2 Å². The van der Waals surface area contributed by atoms with Crippen molar-refractivity contribution >= 4 is 11.6 Å². The van der Waals surface area contributed by atoms with E-state index in [1.54, 1.807) is 41.9 Å². The van der Waals surface area contributed by atoms with Gasteiger partial charge in [-0.1, -0.05) is 0 Å². The number of nitrogens with one attached hydrogen (secondary N) is 1. The third-order valence-corrected chi connectivity index (χ3v) is 4.59. The predicted octanol–water partition coefficient (Wildman–Crippen LogP) is 4.04. The summed E-state index contributed by atoms with van der Waals surface area (Å²) in [6.07, 6.45) is 0.817. The van der Waals surface area contributed by atoms with Crippen molar-refractivity contribution in [1.29, 1.82) is 0 Å². The second kappa shape index (κ2) is 7.34. The Hall–Kier alpha value is -3.35. The molecule has 0 atom stereocenters. The number of amides is 1. The number of anilines is 1. The topological polar surface area (TPSA) is 65.4 Å². The van der Waals surface area contributed by atoms with Crippen LogP contribution in [0.1, 0.15) is 28.2 Å². The lowest BCUT2D eigenvalue weighted by atomic mass is 10.1. The molecule has 0 unspecified atom stereocenters. The van der Waals surface area contributed by atoms with Gasteiger partial charge in [0.2, 0.25) is 0 Å². The minimum Gasteiger partial charge on any atom is -0.490 e. The maximum Gasteiger partial charge on any atom is 0.259 e. The summed E-state index contributed by atoms with van der Waals surface area (Å²) in [6.45, 7) is 4.77. The smallest absolute Gasteiger partial charge is 0.259 e. The van der Waals surface area contributed by atoms with Crippen molar-refractivity contribution in [2.75, 3.05) is 18.5 Å². The Balaban J connectivity index is 1.60. The van der Waals surface area contributed by atoms with Crippen LogP contribution in [-0.2, 0) is 0 Å². The first kappa shape index (κ1) is 18.0. The largest absolute Gasteiger partial charge is 0.490 e. The number of aromatic nitrogens is 2. The van der Waals surface area contributed by atoms with E-state index in [1.807, 2.05) is 6.92 Å². The summed E-state index contributed by atoms with van der Waals surface area (Å²) >= 11 is 0. The number of fused-ring (bicyclic) bond motifs is 1. The monoisotopic (exact) mass is 381 g/mol. The maximum absolute atomic E-state index is 13.2. The Kier molecular flexibility index (Phi) is 4.73. The van der Waals surface area contributed by atoms with Crippen LogP contribution in [0.15, 0.2) is 42.5 Å². The molecule has 3 aromatic rings. The van der Waals surface area contributed by atoms with E-state index in [0.717, 1.165) is 6.42 Å². The van der Waals surface area contributed by atoms with Gasteiger partial charge in [0, 0.05) is 18.2 Å². The fourth-order valence-corrected chi connectivity index (χ4v) is 3.24. The number of halogens is 1. The third kappa shape index (κ3) is 3.43. The summed E-state index contributed by atoms with van der Waals surface area (Å²) in [6, 6.07) is 11.3. The molecule has 0 spiro atoms. The maximum atomic E-state index is 13.2. The van der Waals surface area contributed by atoms with E-state index in [2.05, 4.69) is 10.4 Å². The predicted molar refractivity (Wildman–Crippen MR) is 103 cm³/mol. The zero-order valence-corrected chi connectivity index (χ0v) is 15.7. The zero-order valence-electron chi connectivity index (χ0n) is 15.7. The highest BCUT2D eigenvalue weighted by molar-refractivity contribution is 6.06. The molecule has 0 radical (unpaired) electrons. The second-order valence-corrected chi connectivity index (χ2v) is 6.60. The van der Waals surface area contributed by atoms with Crippen molar-refractivity contribution in [2.24, 2.45) is 0 Å². The van der Waals surface area contributed by atoms with Gasteiger partial charge in [0.15, 0.2) is 11.5 Å². The normalized spacial score (nSPS) is 13.1. The van der Waals surface area contributed by atoms with Crippen molar-refractivity contribution in [3.63, 3.8) is 0 Å². The molecule has 6 nitrogen and oxygen atoms in total. The Morgan fingerprint density at radius 3 is 2.54 bits per heavy atom. The van der Waals surface area contributed by atoms with E-state index in [-0.39, 0.29) is 11.7 Å². The van der Waals surface area contributed by atoms with Gasteiger partial charge in [-0.15, -0.1) is 0 Å². The fourth-order valence-electron chi connectivity index (χ4n) is 3.24. The number of aryl methyl sites for hydroxylation is 1. The number of carbonyl (C=O) groups excluding carboxylic acids is 1. The molecule has 2 aromatic carbocycles. The standard InChI is InChI=1S/C21H20FN3O3/c1-13-20(14(2)25(24-13)17-7-4-15(22)5-8-17)21(26)23-16-6-9-18-19(12-16)28-11-3-10-27-18/h4-9,12H,3,10-11H2,1-2H3,(H,23,26). The number of ether oxygens (including phenoxy) is 2. The van der Waals surface area contributed by atoms with Crippen LogP contribution in [0.5, 0.6) is 11.5 Å². The molecule has 1 amide bonds. The van der Waals surface area contributed by atoms with Crippen molar-refractivity contribution < 1.29 is 18.7 Å². The molecule has 144 valence electrons. The lowest BCUT2D eigenvalue weighted by molar-refractivity contribution is 0.102. The molecule has 0 saturated carbocycles. The number of nitrogens with zero attached hydrogens (tertiary/aromatic N) is 2. The first-order valence-corrected chi connectivity index (χ1v) is 9.06. The highest BCUT2D eigenvalue weighted by Crippen LogP contribution is 2.32. The number of hydrogen-bond donors (Lipinski definition) is 1. The summed E-state index contributed by atoms with van der Waals surface area (Å²) in [5.41, 5.74) is 3.06. The lowest BCUT2D eigenvalue weighted by Crippen LogP contribution is -2.14. The summed E-state index contributed by atoms with van der Waals surface area (Å²) in [5, 5.41) is 7.34. The van der Waals surface area contributed by atoms with Gasteiger partial charge >= 0.3 is 0 Å². The van der Waals surface area contributed by atoms with Crippen LogP contribution in [0.3, 0.4) is 0 Å². The Labute approximate surface area is 161 Å². The molecule has 1 aliphatic heterocycles. The van der Waals surface area contributed by atoms with Gasteiger partial charge in [-0.25, -0.2) is 9.07 Å². The van der Waals surface area contributed by atoms with E-state index in [0.29, 0.717) is 53.0 Å². The molecular weight excluding hydrogens is 361 g/mol. The van der Waals surface area contributed by atoms with Gasteiger partial charge in [0.1, 0.15) is 5.82 Å². The van der Waals surface area contributed by atoms with Crippen LogP contribution in [-0.4, -0.2) is 28.9 Å². The molecule has 2 heterocycles. The highest BCUT2D eigenvalue weighted by Gasteiger charge is 2.20. The molecule has 0 aliphatic carbocycles. The molecule has 1 aliphatic rings. The minimum absolute atomic E-state index is 0.266. The third-order valence-electron chi connectivity index (χ3n) is 4.59. The van der Waals surface area contributed by atoms with Crippen LogP contribution in [0.25, 0.3) is 5.69 Å². The number of rotatable bonds is 3. The summed E-state index contributed by atoms with van der Waals surface area (Å²) in [4.78, 5) is 12.9. The fraction of sp³-hybridized carbons (Fsp3) is 0.238. The quantitative estimate of drug-likeness (QED) is 0.744. The SMILES string of the molecule is Cc1nn(-c2ccc(F)cc2)c(C)c1C(=O)Nc1ccc2c(c1)OCCCO2. The zero-order chi connectivity index (χ0) is 19.7. The first-order chi connectivity index (χ1) is 13.5. The average Bonchev–Trinajstić information content (AvgIpc) is 2.83. The van der Waals surface area contributed by atoms with Crippen LogP contribution in [0.4, 0.5) is 10.1 Å². The molecule has 0 bridgehead atoms. The Morgan fingerprint density at radius 1 is 1.07 bits per heavy atom. The average molecular weight is 381 g/mol. The molecular formula is C21H20FN3O3. The Morgan fingerprint density at radius 2 is 1.79 bits per heavy atom. The molecule has 28 heavy (non-hydrogen) atoms. The van der Waals surface area contributed by atoms with Crippen molar-refractivity contribution in [1.82, 2.24) is 9.78 Å². The Bertz CT molecular complexity index is 1030. The van der Waals surface area contributed by atoms with Gasteiger partial charge in [-0.3, -0.25) is 4.79 Å². The van der Waals surface area contributed by atoms with Crippen LogP contribution < -0.4 is 14.8 Å². The van der Waals surface area contributed by atoms with E-state index in [4.69, 9.17) is 9.47 Å². The number of benzene rings is 2. The van der Waals surface area contributed by atoms with Crippen LogP contribution in [0, 0.1) is 19.7 Å². The molecule has 1 aromatic heterocycles. The van der Waals surface area contributed by atoms with Gasteiger partial charge in [0.25, 0.3) is 5.91 Å². The van der Waals surface area contributed by atoms with Gasteiger partial charge in [0.05, 0.1) is 35.9 Å². The van der Waals surface area contributed by atoms with E-state index in [1.165, 1.54) is 12.1 Å². The van der Waals surface area contributed by atoms with Gasteiger partial charge < -0.3 is 14.8 Å². The first-order valence-electron chi connectivity index (χ1n) is 9.06. The van der Waals surface area contributed by atoms with Gasteiger partial charge in [-0.2, -0.15) is 5.10 Å². The second-order valence-electron chi connectivity index (χ2n) is 6.60.